The number of anilines is 1. The second kappa shape index (κ2) is 5.50. The van der Waals surface area contributed by atoms with E-state index >= 15 is 0 Å². The molecule has 3 aromatic rings. The molecule has 0 aliphatic rings. The summed E-state index contributed by atoms with van der Waals surface area (Å²) in [6.07, 6.45) is 1.60. The summed E-state index contributed by atoms with van der Waals surface area (Å²) in [6.45, 7) is 0. The van der Waals surface area contributed by atoms with E-state index in [0.717, 1.165) is 0 Å². The van der Waals surface area contributed by atoms with E-state index in [1.54, 1.807) is 42.6 Å². The molecule has 21 heavy (non-hydrogen) atoms. The summed E-state index contributed by atoms with van der Waals surface area (Å²) in [5.41, 5.74) is 1.07. The number of carbonyl (C=O) groups is 1. The first kappa shape index (κ1) is 13.5. The van der Waals surface area contributed by atoms with Crippen LogP contribution < -0.4 is 5.32 Å². The van der Waals surface area contributed by atoms with Crippen molar-refractivity contribution in [3.8, 4) is 0 Å². The van der Waals surface area contributed by atoms with Gasteiger partial charge in [-0.2, -0.15) is 0 Å². The maximum absolute atomic E-state index is 14.0. The summed E-state index contributed by atoms with van der Waals surface area (Å²) < 4.78 is 14.0. The van der Waals surface area contributed by atoms with Crippen molar-refractivity contribution in [2.75, 3.05) is 5.32 Å². The van der Waals surface area contributed by atoms with Crippen LogP contribution >= 0.6 is 11.6 Å². The molecule has 1 amide bonds. The van der Waals surface area contributed by atoms with Crippen LogP contribution in [-0.4, -0.2) is 10.9 Å². The Labute approximate surface area is 125 Å². The molecule has 0 atom stereocenters. The van der Waals surface area contributed by atoms with E-state index in [0.29, 0.717) is 21.6 Å². The number of rotatable bonds is 2. The van der Waals surface area contributed by atoms with Gasteiger partial charge < -0.3 is 5.32 Å². The first-order valence-electron chi connectivity index (χ1n) is 6.25. The summed E-state index contributed by atoms with van der Waals surface area (Å²) in [5.74, 6) is -1.11. The van der Waals surface area contributed by atoms with Crippen LogP contribution in [0.3, 0.4) is 0 Å². The second-order valence-corrected chi connectivity index (χ2v) is 4.93. The van der Waals surface area contributed by atoms with Gasteiger partial charge in [0.15, 0.2) is 0 Å². The molecule has 0 saturated carbocycles. The summed E-state index contributed by atoms with van der Waals surface area (Å²) >= 11 is 5.77. The predicted octanol–water partition coefficient (Wildman–Crippen LogP) is 4.28. The highest BCUT2D eigenvalue weighted by Gasteiger charge is 2.13. The molecular formula is C16H10ClFN2O. The fourth-order valence-corrected chi connectivity index (χ4v) is 2.12. The van der Waals surface area contributed by atoms with E-state index in [-0.39, 0.29) is 5.56 Å². The van der Waals surface area contributed by atoms with E-state index in [9.17, 15) is 9.18 Å². The van der Waals surface area contributed by atoms with Gasteiger partial charge in [0.05, 0.1) is 11.1 Å². The topological polar surface area (TPSA) is 42.0 Å². The normalized spacial score (nSPS) is 10.6. The Bertz CT molecular complexity index is 818. The van der Waals surface area contributed by atoms with E-state index in [1.807, 2.05) is 0 Å². The molecular weight excluding hydrogens is 291 g/mol. The fraction of sp³-hybridized carbons (Fsp3) is 0. The van der Waals surface area contributed by atoms with Crippen molar-refractivity contribution in [3.63, 3.8) is 0 Å². The van der Waals surface area contributed by atoms with Gasteiger partial charge in [-0.1, -0.05) is 17.7 Å². The number of benzene rings is 2. The molecule has 0 unspecified atom stereocenters. The van der Waals surface area contributed by atoms with Crippen LogP contribution in [-0.2, 0) is 0 Å². The number of carbonyl (C=O) groups excluding carboxylic acids is 1. The molecule has 0 aliphatic heterocycles. The van der Waals surface area contributed by atoms with Gasteiger partial charge in [0, 0.05) is 22.3 Å². The lowest BCUT2D eigenvalue weighted by Gasteiger charge is -2.07. The molecule has 0 spiro atoms. The van der Waals surface area contributed by atoms with Crippen LogP contribution in [0.25, 0.3) is 10.9 Å². The van der Waals surface area contributed by atoms with Crippen molar-refractivity contribution < 1.29 is 9.18 Å². The van der Waals surface area contributed by atoms with E-state index in [2.05, 4.69) is 10.3 Å². The van der Waals surface area contributed by atoms with Crippen LogP contribution in [0.5, 0.6) is 0 Å². The zero-order chi connectivity index (χ0) is 14.8. The Kier molecular flexibility index (Phi) is 3.54. The predicted molar refractivity (Wildman–Crippen MR) is 81.1 cm³/mol. The minimum Gasteiger partial charge on any atom is -0.322 e. The van der Waals surface area contributed by atoms with Crippen LogP contribution in [0.1, 0.15) is 10.4 Å². The lowest BCUT2D eigenvalue weighted by Crippen LogP contribution is -2.13. The molecule has 104 valence electrons. The molecule has 2 aromatic carbocycles. The SMILES string of the molecule is O=C(Nc1ccc(Cl)cc1)c1cc2ncccc2cc1F. The van der Waals surface area contributed by atoms with Gasteiger partial charge in [-0.25, -0.2) is 4.39 Å². The van der Waals surface area contributed by atoms with Crippen molar-refractivity contribution in [2.24, 2.45) is 0 Å². The van der Waals surface area contributed by atoms with Gasteiger partial charge in [0.25, 0.3) is 5.91 Å². The molecule has 3 nitrogen and oxygen atoms in total. The molecule has 0 fully saturated rings. The van der Waals surface area contributed by atoms with Gasteiger partial charge in [0.1, 0.15) is 5.82 Å². The number of pyridine rings is 1. The van der Waals surface area contributed by atoms with Crippen LogP contribution in [0.15, 0.2) is 54.7 Å². The standard InChI is InChI=1S/C16H10ClFN2O/c17-11-3-5-12(6-4-11)20-16(21)13-9-15-10(8-14(13)18)2-1-7-19-15/h1-9H,(H,20,21). The Balaban J connectivity index is 1.93. The highest BCUT2D eigenvalue weighted by atomic mass is 35.5. The first-order valence-corrected chi connectivity index (χ1v) is 6.62. The maximum Gasteiger partial charge on any atom is 0.258 e. The molecule has 1 heterocycles. The molecule has 0 aliphatic carbocycles. The highest BCUT2D eigenvalue weighted by Crippen LogP contribution is 2.19. The third-order valence-corrected chi connectivity index (χ3v) is 3.29. The van der Waals surface area contributed by atoms with Gasteiger partial charge in [-0.3, -0.25) is 9.78 Å². The molecule has 5 heteroatoms. The monoisotopic (exact) mass is 300 g/mol. The van der Waals surface area contributed by atoms with E-state index in [4.69, 9.17) is 11.6 Å². The number of halogens is 2. The number of nitrogens with zero attached hydrogens (tertiary/aromatic N) is 1. The Morgan fingerprint density at radius 1 is 1.14 bits per heavy atom. The van der Waals surface area contributed by atoms with Crippen LogP contribution in [0, 0.1) is 5.82 Å². The second-order valence-electron chi connectivity index (χ2n) is 4.49. The number of fused-ring (bicyclic) bond motifs is 1. The molecule has 3 rings (SSSR count). The lowest BCUT2D eigenvalue weighted by atomic mass is 10.1. The van der Waals surface area contributed by atoms with Gasteiger partial charge in [-0.05, 0) is 42.5 Å². The van der Waals surface area contributed by atoms with Crippen LogP contribution in [0.2, 0.25) is 5.02 Å². The van der Waals surface area contributed by atoms with E-state index < -0.39 is 11.7 Å². The number of hydrogen-bond acceptors (Lipinski definition) is 2. The quantitative estimate of drug-likeness (QED) is 0.767. The number of amides is 1. The van der Waals surface area contributed by atoms with Gasteiger partial charge >= 0.3 is 0 Å². The van der Waals surface area contributed by atoms with Crippen molar-refractivity contribution in [1.82, 2.24) is 4.98 Å². The third-order valence-electron chi connectivity index (χ3n) is 3.04. The van der Waals surface area contributed by atoms with Crippen molar-refractivity contribution in [3.05, 3.63) is 71.1 Å². The third kappa shape index (κ3) is 2.85. The Morgan fingerprint density at radius 3 is 2.67 bits per heavy atom. The largest absolute Gasteiger partial charge is 0.322 e. The number of hydrogen-bond donors (Lipinski definition) is 1. The first-order chi connectivity index (χ1) is 10.1. The van der Waals surface area contributed by atoms with Crippen molar-refractivity contribution in [2.45, 2.75) is 0 Å². The van der Waals surface area contributed by atoms with Crippen molar-refractivity contribution in [1.29, 1.82) is 0 Å². The Morgan fingerprint density at radius 2 is 1.90 bits per heavy atom. The molecule has 1 N–H and O–H groups in total. The van der Waals surface area contributed by atoms with E-state index in [1.165, 1.54) is 12.1 Å². The molecule has 0 saturated heterocycles. The van der Waals surface area contributed by atoms with Gasteiger partial charge in [-0.15, -0.1) is 0 Å². The summed E-state index contributed by atoms with van der Waals surface area (Å²) in [4.78, 5) is 16.3. The maximum atomic E-state index is 14.0. The molecule has 0 bridgehead atoms. The number of nitrogens with one attached hydrogen (secondary N) is 1. The lowest BCUT2D eigenvalue weighted by molar-refractivity contribution is 0.102. The summed E-state index contributed by atoms with van der Waals surface area (Å²) in [6, 6.07) is 12.8. The molecule has 0 radical (unpaired) electrons. The van der Waals surface area contributed by atoms with Crippen LogP contribution in [0.4, 0.5) is 10.1 Å². The van der Waals surface area contributed by atoms with Crippen molar-refractivity contribution >= 4 is 34.1 Å². The smallest absolute Gasteiger partial charge is 0.258 e. The highest BCUT2D eigenvalue weighted by molar-refractivity contribution is 6.30. The zero-order valence-electron chi connectivity index (χ0n) is 10.8. The minimum absolute atomic E-state index is 0.0452. The summed E-state index contributed by atoms with van der Waals surface area (Å²) in [7, 11) is 0. The minimum atomic E-state index is -0.582. The fourth-order valence-electron chi connectivity index (χ4n) is 2.00. The number of aromatic nitrogens is 1. The summed E-state index contributed by atoms with van der Waals surface area (Å²) in [5, 5.41) is 3.84. The molecule has 1 aromatic heterocycles. The Hall–Kier alpha value is -2.46. The van der Waals surface area contributed by atoms with Gasteiger partial charge in [0.2, 0.25) is 0 Å². The average molecular weight is 301 g/mol. The average Bonchev–Trinajstić information content (AvgIpc) is 2.49. The zero-order valence-corrected chi connectivity index (χ0v) is 11.6.